The number of ketones is 1. The Kier molecular flexibility index (Phi) is 18.8. The number of carbonyl (C=O) groups is 1. The fourth-order valence-corrected chi connectivity index (χ4v) is 4.07. The van der Waals surface area contributed by atoms with E-state index in [1.54, 1.807) is 6.92 Å². The van der Waals surface area contributed by atoms with E-state index in [2.05, 4.69) is 88.6 Å². The first-order valence-corrected chi connectivity index (χ1v) is 15.3. The molecular formula is C35H56N2O2. The smallest absolute Gasteiger partial charge is 0.175 e. The summed E-state index contributed by atoms with van der Waals surface area (Å²) < 4.78 is 5.88. The first kappa shape index (κ1) is 34.4. The molecule has 0 heterocycles. The van der Waals surface area contributed by atoms with E-state index in [0.29, 0.717) is 5.70 Å². The van der Waals surface area contributed by atoms with Gasteiger partial charge in [0.25, 0.3) is 0 Å². The predicted octanol–water partition coefficient (Wildman–Crippen LogP) is 9.07. The lowest BCUT2D eigenvalue weighted by atomic mass is 10.0. The first-order valence-electron chi connectivity index (χ1n) is 15.3. The number of hydrogen-bond acceptors (Lipinski definition) is 4. The molecule has 0 radical (unpaired) electrons. The molecule has 4 nitrogen and oxygen atoms in total. The van der Waals surface area contributed by atoms with Gasteiger partial charge in [0.15, 0.2) is 5.78 Å². The highest BCUT2D eigenvalue weighted by Crippen LogP contribution is 2.20. The van der Waals surface area contributed by atoms with E-state index in [1.165, 1.54) is 49.0 Å². The van der Waals surface area contributed by atoms with Gasteiger partial charge in [0, 0.05) is 12.6 Å². The van der Waals surface area contributed by atoms with Gasteiger partial charge in [0.1, 0.15) is 5.75 Å². The number of nitrogens with one attached hydrogen (secondary N) is 2. The highest BCUT2D eigenvalue weighted by atomic mass is 16.5. The van der Waals surface area contributed by atoms with Crippen LogP contribution < -0.4 is 15.4 Å². The minimum Gasteiger partial charge on any atom is -0.494 e. The highest BCUT2D eigenvalue weighted by Gasteiger charge is 2.07. The lowest BCUT2D eigenvalue weighted by Gasteiger charge is -2.13. The van der Waals surface area contributed by atoms with Crippen molar-refractivity contribution in [3.63, 3.8) is 0 Å². The Morgan fingerprint density at radius 1 is 0.974 bits per heavy atom. The molecule has 0 saturated carbocycles. The lowest BCUT2D eigenvalue weighted by Crippen LogP contribution is -2.17. The van der Waals surface area contributed by atoms with Crippen LogP contribution in [-0.2, 0) is 17.6 Å². The van der Waals surface area contributed by atoms with E-state index in [0.717, 1.165) is 62.5 Å². The third-order valence-corrected chi connectivity index (χ3v) is 6.95. The normalized spacial score (nSPS) is 11.9. The summed E-state index contributed by atoms with van der Waals surface area (Å²) in [6, 6.07) is 14.8. The van der Waals surface area contributed by atoms with Gasteiger partial charge in [0.05, 0.1) is 12.3 Å². The van der Waals surface area contributed by atoms with Crippen LogP contribution in [0.1, 0.15) is 103 Å². The van der Waals surface area contributed by atoms with Crippen molar-refractivity contribution < 1.29 is 9.53 Å². The quantitative estimate of drug-likeness (QED) is 0.147. The van der Waals surface area contributed by atoms with Crippen molar-refractivity contribution in [2.75, 3.05) is 25.0 Å². The second kappa shape index (κ2) is 21.3. The third kappa shape index (κ3) is 15.6. The Morgan fingerprint density at radius 2 is 1.77 bits per heavy atom. The van der Waals surface area contributed by atoms with Gasteiger partial charge in [-0.25, -0.2) is 0 Å². The van der Waals surface area contributed by atoms with E-state index < -0.39 is 0 Å². The predicted molar refractivity (Wildman–Crippen MR) is 170 cm³/mol. The summed E-state index contributed by atoms with van der Waals surface area (Å²) in [5, 5.41) is 6.70. The number of allylic oxidation sites excluding steroid dienone is 2. The zero-order valence-electron chi connectivity index (χ0n) is 26.0. The summed E-state index contributed by atoms with van der Waals surface area (Å²) in [5.41, 5.74) is 5.49. The van der Waals surface area contributed by atoms with Gasteiger partial charge in [-0.15, -0.1) is 0 Å². The van der Waals surface area contributed by atoms with Crippen molar-refractivity contribution in [3.05, 3.63) is 70.9 Å². The van der Waals surface area contributed by atoms with Gasteiger partial charge in [-0.1, -0.05) is 77.8 Å². The summed E-state index contributed by atoms with van der Waals surface area (Å²) in [5.74, 6) is 1.93. The van der Waals surface area contributed by atoms with E-state index in [-0.39, 0.29) is 5.78 Å². The van der Waals surface area contributed by atoms with Gasteiger partial charge in [-0.05, 0) is 106 Å². The molecule has 0 amide bonds. The van der Waals surface area contributed by atoms with Crippen LogP contribution in [0.3, 0.4) is 0 Å². The number of Topliss-reactive ketones (excluding diaryl/α,β-unsaturated/α-hetero) is 1. The molecule has 39 heavy (non-hydrogen) atoms. The number of aryl methyl sites for hydroxylation is 3. The van der Waals surface area contributed by atoms with E-state index in [1.807, 2.05) is 12.1 Å². The maximum Gasteiger partial charge on any atom is 0.175 e. The zero-order valence-corrected chi connectivity index (χ0v) is 26.0. The average Bonchev–Trinajstić information content (AvgIpc) is 2.94. The van der Waals surface area contributed by atoms with Crippen LogP contribution in [0.15, 0.2) is 54.2 Å². The van der Waals surface area contributed by atoms with Crippen molar-refractivity contribution in [2.24, 2.45) is 5.92 Å². The van der Waals surface area contributed by atoms with Crippen molar-refractivity contribution in [1.82, 2.24) is 5.32 Å². The van der Waals surface area contributed by atoms with Crippen LogP contribution in [0.4, 0.5) is 5.69 Å². The van der Waals surface area contributed by atoms with Crippen molar-refractivity contribution in [3.8, 4) is 5.75 Å². The number of unbranched alkanes of at least 4 members (excludes halogenated alkanes) is 2. The Labute approximate surface area is 240 Å². The number of anilines is 1. The standard InChI is InChI=1S/C26H35NO2.C9H21N/c1-5-7-14-26(21(4)28)27-25-16-15-23(18-20(25)3)11-8-9-17-29-24-13-10-12-22(6-2)19-24;1-4-7-10-8-6-9(3)5-2/h10,12-16,18-19,27H,5-9,11,17H2,1-4H3;9-10H,4-8H2,1-3H3/b26-14+;. The molecule has 2 rings (SSSR count). The largest absolute Gasteiger partial charge is 0.494 e. The molecule has 218 valence electrons. The molecule has 2 aromatic carbocycles. The molecule has 2 N–H and O–H groups in total. The fraction of sp³-hybridized carbons (Fsp3) is 0.571. The molecular weight excluding hydrogens is 480 g/mol. The van der Waals surface area contributed by atoms with Crippen LogP contribution in [0.2, 0.25) is 0 Å². The maximum absolute atomic E-state index is 11.8. The molecule has 0 saturated heterocycles. The number of carbonyl (C=O) groups excluding carboxylic acids is 1. The third-order valence-electron chi connectivity index (χ3n) is 6.95. The molecule has 0 aliphatic carbocycles. The molecule has 0 bridgehead atoms. The van der Waals surface area contributed by atoms with Gasteiger partial charge < -0.3 is 15.4 Å². The molecule has 2 aromatic rings. The first-order chi connectivity index (χ1) is 18.8. The monoisotopic (exact) mass is 536 g/mol. The molecule has 4 heteroatoms. The number of ether oxygens (including phenoxy) is 1. The molecule has 0 aromatic heterocycles. The highest BCUT2D eigenvalue weighted by molar-refractivity contribution is 5.96. The number of hydrogen-bond donors (Lipinski definition) is 2. The second-order valence-corrected chi connectivity index (χ2v) is 10.6. The Bertz CT molecular complexity index is 967. The van der Waals surface area contributed by atoms with E-state index >= 15 is 0 Å². The lowest BCUT2D eigenvalue weighted by molar-refractivity contribution is -0.113. The van der Waals surface area contributed by atoms with Crippen LogP contribution in [-0.4, -0.2) is 25.5 Å². The molecule has 0 fully saturated rings. The molecule has 1 atom stereocenters. The van der Waals surface area contributed by atoms with Crippen molar-refractivity contribution >= 4 is 11.5 Å². The van der Waals surface area contributed by atoms with Crippen LogP contribution in [0, 0.1) is 12.8 Å². The van der Waals surface area contributed by atoms with Crippen molar-refractivity contribution in [1.29, 1.82) is 0 Å². The number of rotatable bonds is 18. The van der Waals surface area contributed by atoms with Gasteiger partial charge in [0.2, 0.25) is 0 Å². The molecule has 0 aliphatic rings. The Morgan fingerprint density at radius 3 is 2.41 bits per heavy atom. The molecule has 0 aliphatic heterocycles. The average molecular weight is 537 g/mol. The van der Waals surface area contributed by atoms with E-state index in [9.17, 15) is 4.79 Å². The van der Waals surface area contributed by atoms with Crippen molar-refractivity contribution in [2.45, 2.75) is 106 Å². The topological polar surface area (TPSA) is 50.4 Å². The summed E-state index contributed by atoms with van der Waals surface area (Å²) in [6.45, 7) is 17.9. The minimum atomic E-state index is 0.0754. The SMILES string of the molecule is CCC/C=C(/Nc1ccc(CCCCOc2cccc(CC)c2)cc1C)C(C)=O.CCCNCCC(C)CC. The van der Waals surface area contributed by atoms with Gasteiger partial charge >= 0.3 is 0 Å². The molecule has 1 unspecified atom stereocenters. The van der Waals surface area contributed by atoms with Crippen LogP contribution in [0.25, 0.3) is 0 Å². The number of benzene rings is 2. The summed E-state index contributed by atoms with van der Waals surface area (Å²) in [6.07, 6.45) is 12.0. The summed E-state index contributed by atoms with van der Waals surface area (Å²) in [4.78, 5) is 11.8. The second-order valence-electron chi connectivity index (χ2n) is 10.6. The summed E-state index contributed by atoms with van der Waals surface area (Å²) >= 11 is 0. The minimum absolute atomic E-state index is 0.0754. The van der Waals surface area contributed by atoms with E-state index in [4.69, 9.17) is 4.74 Å². The van der Waals surface area contributed by atoms with Gasteiger partial charge in [-0.2, -0.15) is 0 Å². The maximum atomic E-state index is 11.8. The summed E-state index contributed by atoms with van der Waals surface area (Å²) in [7, 11) is 0. The van der Waals surface area contributed by atoms with Gasteiger partial charge in [-0.3, -0.25) is 4.79 Å². The zero-order chi connectivity index (χ0) is 28.9. The van der Waals surface area contributed by atoms with Crippen LogP contribution >= 0.6 is 0 Å². The molecule has 0 spiro atoms. The Balaban J connectivity index is 0.000000646. The fourth-order valence-electron chi connectivity index (χ4n) is 4.07. The van der Waals surface area contributed by atoms with Crippen LogP contribution in [0.5, 0.6) is 5.75 Å². The Hall–Kier alpha value is -2.59.